The van der Waals surface area contributed by atoms with Crippen molar-refractivity contribution in [2.45, 2.75) is 39.2 Å². The molecule has 2 rings (SSSR count). The van der Waals surface area contributed by atoms with Gasteiger partial charge in [-0.3, -0.25) is 10.1 Å². The summed E-state index contributed by atoms with van der Waals surface area (Å²) in [6.07, 6.45) is 4.42. The lowest BCUT2D eigenvalue weighted by atomic mass is 9.87. The molecule has 0 amide bonds. The predicted molar refractivity (Wildman–Crippen MR) is 71.5 cm³/mol. The number of rotatable bonds is 4. The highest BCUT2D eigenvalue weighted by molar-refractivity contribution is 5.69. The van der Waals surface area contributed by atoms with Gasteiger partial charge in [-0.1, -0.05) is 20.3 Å². The smallest absolute Gasteiger partial charge is 0.354 e. The van der Waals surface area contributed by atoms with Crippen LogP contribution in [0.2, 0.25) is 0 Å². The number of nitro groups is 1. The first-order valence-corrected chi connectivity index (χ1v) is 6.18. The van der Waals surface area contributed by atoms with E-state index in [1.807, 2.05) is 0 Å². The van der Waals surface area contributed by atoms with Gasteiger partial charge in [0.05, 0.1) is 4.92 Å². The Morgan fingerprint density at radius 3 is 2.68 bits per heavy atom. The van der Waals surface area contributed by atoms with Crippen LogP contribution in [-0.2, 0) is 0 Å². The zero-order valence-electron chi connectivity index (χ0n) is 11.0. The van der Waals surface area contributed by atoms with Crippen molar-refractivity contribution in [3.63, 3.8) is 0 Å². The third-order valence-corrected chi connectivity index (χ3v) is 3.71. The fourth-order valence-corrected chi connectivity index (χ4v) is 2.52. The molecular formula is C11H18N6O2. The number of nitrogens with zero attached hydrogens (tertiary/aromatic N) is 3. The Hall–Kier alpha value is -1.96. The number of nitrogens with two attached hydrogens (primary N) is 1. The molecule has 0 aromatic carbocycles. The maximum absolute atomic E-state index is 11.1. The van der Waals surface area contributed by atoms with Gasteiger partial charge in [-0.2, -0.15) is 0 Å². The summed E-state index contributed by atoms with van der Waals surface area (Å²) in [4.78, 5) is 18.3. The van der Waals surface area contributed by atoms with Gasteiger partial charge in [0, 0.05) is 6.04 Å². The lowest BCUT2D eigenvalue weighted by Crippen LogP contribution is -2.31. The van der Waals surface area contributed by atoms with Gasteiger partial charge in [0.15, 0.2) is 0 Å². The molecule has 4 N–H and O–H groups in total. The molecule has 0 bridgehead atoms. The molecule has 1 atom stereocenters. The maximum Gasteiger partial charge on any atom is 0.354 e. The fraction of sp³-hybridized carbons (Fsp3) is 0.636. The van der Waals surface area contributed by atoms with Crippen LogP contribution in [0.5, 0.6) is 0 Å². The second-order valence-electron chi connectivity index (χ2n) is 5.40. The maximum atomic E-state index is 11.1. The van der Waals surface area contributed by atoms with Crippen molar-refractivity contribution < 1.29 is 4.92 Å². The molecule has 1 unspecified atom stereocenters. The van der Waals surface area contributed by atoms with Crippen molar-refractivity contribution in [2.75, 3.05) is 10.7 Å². The Morgan fingerprint density at radius 2 is 2.16 bits per heavy atom. The Balaban J connectivity index is 2.32. The van der Waals surface area contributed by atoms with Crippen LogP contribution in [0.3, 0.4) is 0 Å². The zero-order valence-corrected chi connectivity index (χ0v) is 11.0. The van der Waals surface area contributed by atoms with E-state index in [1.165, 1.54) is 6.33 Å². The van der Waals surface area contributed by atoms with E-state index in [2.05, 4.69) is 34.6 Å². The van der Waals surface area contributed by atoms with Gasteiger partial charge in [-0.05, 0) is 18.3 Å². The normalized spacial score (nSPS) is 21.1. The Morgan fingerprint density at radius 1 is 1.47 bits per heavy atom. The van der Waals surface area contributed by atoms with E-state index in [9.17, 15) is 10.1 Å². The van der Waals surface area contributed by atoms with Crippen molar-refractivity contribution in [1.29, 1.82) is 0 Å². The minimum absolute atomic E-state index is 0.0123. The standard InChI is InChI=1S/C11H18N6O2/c1-11(2)5-3-4-7(11)15-9-8(17(18)19)10(16-12)14-6-13-9/h6-7H,3-5,12H2,1-2H3,(H2,13,14,15,16). The van der Waals surface area contributed by atoms with Crippen molar-refractivity contribution in [3.05, 3.63) is 16.4 Å². The first kappa shape index (κ1) is 13.5. The third-order valence-electron chi connectivity index (χ3n) is 3.71. The largest absolute Gasteiger partial charge is 0.361 e. The predicted octanol–water partition coefficient (Wildman–Crippen LogP) is 1.66. The summed E-state index contributed by atoms with van der Waals surface area (Å²) in [6, 6.07) is 0.159. The van der Waals surface area contributed by atoms with Crippen molar-refractivity contribution in [3.8, 4) is 0 Å². The first-order valence-electron chi connectivity index (χ1n) is 6.18. The highest BCUT2D eigenvalue weighted by Gasteiger charge is 2.36. The van der Waals surface area contributed by atoms with Gasteiger partial charge in [0.2, 0.25) is 11.6 Å². The Labute approximate surface area is 110 Å². The highest BCUT2D eigenvalue weighted by Crippen LogP contribution is 2.40. The fourth-order valence-electron chi connectivity index (χ4n) is 2.52. The van der Waals surface area contributed by atoms with Crippen molar-refractivity contribution in [1.82, 2.24) is 9.97 Å². The van der Waals surface area contributed by atoms with E-state index in [1.54, 1.807) is 0 Å². The minimum atomic E-state index is -0.528. The minimum Gasteiger partial charge on any atom is -0.361 e. The lowest BCUT2D eigenvalue weighted by Gasteiger charge is -2.28. The van der Waals surface area contributed by atoms with Crippen LogP contribution < -0.4 is 16.6 Å². The number of nitrogen functional groups attached to an aromatic ring is 1. The molecule has 8 nitrogen and oxygen atoms in total. The molecule has 1 aliphatic carbocycles. The second kappa shape index (κ2) is 4.96. The van der Waals surface area contributed by atoms with Gasteiger partial charge in [-0.15, -0.1) is 0 Å². The monoisotopic (exact) mass is 266 g/mol. The van der Waals surface area contributed by atoms with E-state index in [4.69, 9.17) is 5.84 Å². The molecule has 1 aliphatic rings. The van der Waals surface area contributed by atoms with Crippen LogP contribution >= 0.6 is 0 Å². The molecule has 1 fully saturated rings. The summed E-state index contributed by atoms with van der Waals surface area (Å²) >= 11 is 0. The molecule has 0 radical (unpaired) electrons. The molecule has 1 saturated carbocycles. The third kappa shape index (κ3) is 2.58. The average molecular weight is 266 g/mol. The molecule has 1 heterocycles. The second-order valence-corrected chi connectivity index (χ2v) is 5.40. The quantitative estimate of drug-likeness (QED) is 0.430. The molecular weight excluding hydrogens is 248 g/mol. The van der Waals surface area contributed by atoms with Crippen LogP contribution in [0, 0.1) is 15.5 Å². The SMILES string of the molecule is CC1(C)CCCC1Nc1ncnc(NN)c1[N+](=O)[O-]. The van der Waals surface area contributed by atoms with Gasteiger partial charge in [0.25, 0.3) is 0 Å². The highest BCUT2D eigenvalue weighted by atomic mass is 16.6. The van der Waals surface area contributed by atoms with E-state index >= 15 is 0 Å². The lowest BCUT2D eigenvalue weighted by molar-refractivity contribution is -0.383. The average Bonchev–Trinajstić information content (AvgIpc) is 2.68. The van der Waals surface area contributed by atoms with Crippen molar-refractivity contribution in [2.24, 2.45) is 11.3 Å². The summed E-state index contributed by atoms with van der Waals surface area (Å²) in [5.74, 6) is 5.47. The van der Waals surface area contributed by atoms with Crippen LogP contribution in [0.15, 0.2) is 6.33 Å². The number of aromatic nitrogens is 2. The van der Waals surface area contributed by atoms with E-state index in [-0.39, 0.29) is 28.8 Å². The van der Waals surface area contributed by atoms with Gasteiger partial charge < -0.3 is 10.7 Å². The first-order chi connectivity index (χ1) is 8.95. The van der Waals surface area contributed by atoms with Gasteiger partial charge >= 0.3 is 5.69 Å². The molecule has 1 aromatic heterocycles. The number of hydrogen-bond acceptors (Lipinski definition) is 7. The van der Waals surface area contributed by atoms with Gasteiger partial charge in [0.1, 0.15) is 6.33 Å². The Kier molecular flexibility index (Phi) is 3.52. The summed E-state index contributed by atoms with van der Waals surface area (Å²) in [5.41, 5.74) is 2.11. The van der Waals surface area contributed by atoms with Gasteiger partial charge in [-0.25, -0.2) is 15.8 Å². The number of hydrazine groups is 1. The molecule has 0 saturated heterocycles. The number of nitrogens with one attached hydrogen (secondary N) is 2. The molecule has 104 valence electrons. The summed E-state index contributed by atoms with van der Waals surface area (Å²) in [7, 11) is 0. The zero-order chi connectivity index (χ0) is 14.0. The number of anilines is 2. The van der Waals surface area contributed by atoms with Crippen LogP contribution in [0.1, 0.15) is 33.1 Å². The topological polar surface area (TPSA) is 119 Å². The number of hydrogen-bond donors (Lipinski definition) is 3. The van der Waals surface area contributed by atoms with E-state index < -0.39 is 4.92 Å². The molecule has 1 aromatic rings. The van der Waals surface area contributed by atoms with E-state index in [0.29, 0.717) is 0 Å². The molecule has 0 aliphatic heterocycles. The molecule has 19 heavy (non-hydrogen) atoms. The molecule has 0 spiro atoms. The van der Waals surface area contributed by atoms with Crippen LogP contribution in [-0.4, -0.2) is 20.9 Å². The van der Waals surface area contributed by atoms with Crippen LogP contribution in [0.4, 0.5) is 17.3 Å². The molecule has 8 heteroatoms. The van der Waals surface area contributed by atoms with Crippen LogP contribution in [0.25, 0.3) is 0 Å². The Bertz CT molecular complexity index is 490. The summed E-state index contributed by atoms with van der Waals surface area (Å²) < 4.78 is 0. The summed E-state index contributed by atoms with van der Waals surface area (Å²) in [6.45, 7) is 4.29. The summed E-state index contributed by atoms with van der Waals surface area (Å²) in [5, 5.41) is 14.3. The van der Waals surface area contributed by atoms with E-state index in [0.717, 1.165) is 19.3 Å². The van der Waals surface area contributed by atoms with Crippen molar-refractivity contribution >= 4 is 17.3 Å².